The minimum atomic E-state index is -0.696. The summed E-state index contributed by atoms with van der Waals surface area (Å²) in [4.78, 5) is 23.0. The smallest absolute Gasteiger partial charge is 0.303 e. The third-order valence-electron chi connectivity index (χ3n) is 10.4. The molecule has 0 spiro atoms. The Morgan fingerprint density at radius 2 is 1.74 bits per heavy atom. The predicted octanol–water partition coefficient (Wildman–Crippen LogP) is 5.92. The molecule has 0 aromatic carbocycles. The number of carbonyl (C=O) groups is 2. The number of carbonyl (C=O) groups excluding carboxylic acids is 1. The number of carboxylic acid groups (broad SMARTS) is 1. The second-order valence-corrected chi connectivity index (χ2v) is 11.9. The fourth-order valence-electron chi connectivity index (χ4n) is 8.28. The molecule has 4 aliphatic carbocycles. The molecule has 0 amide bonds. The maximum atomic E-state index is 12.3. The standard InChI is InChI=1S/C27H42O4/c1-25-13-10-20(28)17-19(25)16-18(8-6-4-5-7-9-23(29)30)24-21(25)11-14-26(2)22(24)12-15-27(26,3)31/h17-18,21-22,24,31H,4-16H2,1-3H3,(H,29,30)/t18-,21+,22+,24-,25+,26+,27+/m1/s1. The van der Waals surface area contributed by atoms with Gasteiger partial charge in [0, 0.05) is 12.8 Å². The number of allylic oxidation sites excluding steroid dienone is 1. The van der Waals surface area contributed by atoms with Crippen LogP contribution in [0.5, 0.6) is 0 Å². The molecular formula is C27H42O4. The summed E-state index contributed by atoms with van der Waals surface area (Å²) in [5.74, 6) is 2.05. The van der Waals surface area contributed by atoms with Crippen molar-refractivity contribution >= 4 is 11.8 Å². The first kappa shape index (κ1) is 23.0. The summed E-state index contributed by atoms with van der Waals surface area (Å²) < 4.78 is 0. The van der Waals surface area contributed by atoms with E-state index in [1.54, 1.807) is 0 Å². The van der Waals surface area contributed by atoms with Crippen molar-refractivity contribution < 1.29 is 19.8 Å². The van der Waals surface area contributed by atoms with Crippen molar-refractivity contribution in [3.05, 3.63) is 11.6 Å². The van der Waals surface area contributed by atoms with Crippen LogP contribution in [0.15, 0.2) is 11.6 Å². The normalized spacial score (nSPS) is 44.3. The first-order chi connectivity index (χ1) is 14.6. The zero-order valence-electron chi connectivity index (χ0n) is 19.8. The molecule has 0 saturated heterocycles. The Morgan fingerprint density at radius 1 is 1.03 bits per heavy atom. The number of fused-ring (bicyclic) bond motifs is 5. The Bertz CT molecular complexity index is 752. The Hall–Kier alpha value is -1.16. The van der Waals surface area contributed by atoms with Gasteiger partial charge in [0.25, 0.3) is 0 Å². The van der Waals surface area contributed by atoms with Crippen LogP contribution in [0.3, 0.4) is 0 Å². The number of hydrogen-bond donors (Lipinski definition) is 2. The molecule has 4 aliphatic rings. The summed E-state index contributed by atoms with van der Waals surface area (Å²) >= 11 is 0. The van der Waals surface area contributed by atoms with Crippen molar-refractivity contribution in [2.45, 2.75) is 110 Å². The summed E-state index contributed by atoms with van der Waals surface area (Å²) in [5.41, 5.74) is 1.01. The minimum Gasteiger partial charge on any atom is -0.481 e. The van der Waals surface area contributed by atoms with Crippen LogP contribution in [0.1, 0.15) is 104 Å². The summed E-state index contributed by atoms with van der Waals surface area (Å²) in [5, 5.41) is 20.1. The van der Waals surface area contributed by atoms with Gasteiger partial charge in [-0.15, -0.1) is 0 Å². The second kappa shape index (κ2) is 8.32. The summed E-state index contributed by atoms with van der Waals surface area (Å²) in [6.07, 6.45) is 14.5. The number of aliphatic hydroxyl groups is 1. The lowest BCUT2D eigenvalue weighted by Crippen LogP contribution is -2.56. The zero-order valence-corrected chi connectivity index (χ0v) is 19.8. The van der Waals surface area contributed by atoms with Crippen molar-refractivity contribution in [2.75, 3.05) is 0 Å². The lowest BCUT2D eigenvalue weighted by Gasteiger charge is -2.61. The predicted molar refractivity (Wildman–Crippen MR) is 122 cm³/mol. The average molecular weight is 431 g/mol. The van der Waals surface area contributed by atoms with Crippen molar-refractivity contribution in [3.8, 4) is 0 Å². The quantitative estimate of drug-likeness (QED) is 0.492. The molecule has 3 fully saturated rings. The Labute approximate surface area is 187 Å². The van der Waals surface area contributed by atoms with E-state index in [9.17, 15) is 14.7 Å². The maximum Gasteiger partial charge on any atom is 0.303 e. The summed E-state index contributed by atoms with van der Waals surface area (Å²) in [6.45, 7) is 6.85. The monoisotopic (exact) mass is 430 g/mol. The van der Waals surface area contributed by atoms with Crippen LogP contribution in [0.25, 0.3) is 0 Å². The Morgan fingerprint density at radius 3 is 2.48 bits per heavy atom. The van der Waals surface area contributed by atoms with Gasteiger partial charge in [-0.1, -0.05) is 38.7 Å². The maximum absolute atomic E-state index is 12.3. The highest BCUT2D eigenvalue weighted by Gasteiger charge is 2.64. The van der Waals surface area contributed by atoms with Gasteiger partial charge in [0.05, 0.1) is 5.60 Å². The second-order valence-electron chi connectivity index (χ2n) is 11.9. The van der Waals surface area contributed by atoms with E-state index in [0.29, 0.717) is 35.9 Å². The molecule has 2 N–H and O–H groups in total. The van der Waals surface area contributed by atoms with Crippen molar-refractivity contribution in [3.63, 3.8) is 0 Å². The van der Waals surface area contributed by atoms with Gasteiger partial charge >= 0.3 is 5.97 Å². The third kappa shape index (κ3) is 3.92. The molecule has 4 rings (SSSR count). The Kier molecular flexibility index (Phi) is 6.17. The fourth-order valence-corrected chi connectivity index (χ4v) is 8.28. The van der Waals surface area contributed by atoms with E-state index < -0.39 is 11.6 Å². The molecule has 174 valence electrons. The number of aliphatic carboxylic acids is 1. The lowest BCUT2D eigenvalue weighted by molar-refractivity contribution is -0.137. The fraction of sp³-hybridized carbons (Fsp3) is 0.852. The van der Waals surface area contributed by atoms with E-state index in [0.717, 1.165) is 57.8 Å². The molecule has 4 nitrogen and oxygen atoms in total. The third-order valence-corrected chi connectivity index (χ3v) is 10.4. The first-order valence-electron chi connectivity index (χ1n) is 12.8. The van der Waals surface area contributed by atoms with E-state index in [-0.39, 0.29) is 17.3 Å². The summed E-state index contributed by atoms with van der Waals surface area (Å²) in [6, 6.07) is 0. The highest BCUT2D eigenvalue weighted by molar-refractivity contribution is 5.91. The van der Waals surface area contributed by atoms with E-state index in [2.05, 4.69) is 20.8 Å². The Balaban J connectivity index is 1.54. The van der Waals surface area contributed by atoms with Crippen LogP contribution in [0.4, 0.5) is 0 Å². The van der Waals surface area contributed by atoms with Crippen LogP contribution >= 0.6 is 0 Å². The number of rotatable bonds is 7. The zero-order chi connectivity index (χ0) is 22.4. The van der Waals surface area contributed by atoms with Gasteiger partial charge in [0.15, 0.2) is 5.78 Å². The molecule has 7 atom stereocenters. The first-order valence-corrected chi connectivity index (χ1v) is 12.8. The molecule has 4 heteroatoms. The molecular weight excluding hydrogens is 388 g/mol. The van der Waals surface area contributed by atoms with E-state index in [1.807, 2.05) is 6.08 Å². The minimum absolute atomic E-state index is 0.00989. The van der Waals surface area contributed by atoms with Crippen LogP contribution in [0.2, 0.25) is 0 Å². The van der Waals surface area contributed by atoms with Gasteiger partial charge in [-0.25, -0.2) is 0 Å². The van der Waals surface area contributed by atoms with Crippen LogP contribution < -0.4 is 0 Å². The molecule has 0 aromatic rings. The number of carboxylic acids is 1. The molecule has 31 heavy (non-hydrogen) atoms. The van der Waals surface area contributed by atoms with Gasteiger partial charge in [-0.05, 0) is 98.9 Å². The lowest BCUT2D eigenvalue weighted by atomic mass is 9.44. The van der Waals surface area contributed by atoms with E-state index >= 15 is 0 Å². The average Bonchev–Trinajstić information content (AvgIpc) is 2.94. The number of unbranched alkanes of at least 4 members (excludes halogenated alkanes) is 3. The summed E-state index contributed by atoms with van der Waals surface area (Å²) in [7, 11) is 0. The van der Waals surface area contributed by atoms with Crippen LogP contribution in [0, 0.1) is 34.5 Å². The van der Waals surface area contributed by atoms with Gasteiger partial charge in [0.2, 0.25) is 0 Å². The van der Waals surface area contributed by atoms with E-state index in [1.165, 1.54) is 18.4 Å². The van der Waals surface area contributed by atoms with Gasteiger partial charge in [0.1, 0.15) is 0 Å². The van der Waals surface area contributed by atoms with Crippen molar-refractivity contribution in [1.29, 1.82) is 0 Å². The molecule has 0 aromatic heterocycles. The van der Waals surface area contributed by atoms with Gasteiger partial charge < -0.3 is 10.2 Å². The molecule has 0 heterocycles. The molecule has 0 aliphatic heterocycles. The molecule has 3 saturated carbocycles. The highest BCUT2D eigenvalue weighted by atomic mass is 16.4. The molecule has 0 radical (unpaired) electrons. The van der Waals surface area contributed by atoms with Crippen molar-refractivity contribution in [2.24, 2.45) is 34.5 Å². The van der Waals surface area contributed by atoms with Crippen LogP contribution in [-0.4, -0.2) is 27.6 Å². The number of ketones is 1. The molecule has 0 unspecified atom stereocenters. The SMILES string of the molecule is C[C@]12CCC(=O)C=C1C[C@@H](CCCCCCC(=O)O)[C@@H]1[C@@H]2CC[C@@]2(C)[C@H]1CC[C@]2(C)O. The van der Waals surface area contributed by atoms with E-state index in [4.69, 9.17) is 5.11 Å². The van der Waals surface area contributed by atoms with Crippen LogP contribution in [-0.2, 0) is 9.59 Å². The van der Waals surface area contributed by atoms with Gasteiger partial charge in [-0.2, -0.15) is 0 Å². The van der Waals surface area contributed by atoms with Gasteiger partial charge in [-0.3, -0.25) is 9.59 Å². The number of hydrogen-bond acceptors (Lipinski definition) is 3. The topological polar surface area (TPSA) is 74.6 Å². The largest absolute Gasteiger partial charge is 0.481 e. The molecule has 0 bridgehead atoms. The van der Waals surface area contributed by atoms with Crippen molar-refractivity contribution in [1.82, 2.24) is 0 Å². The highest BCUT2D eigenvalue weighted by Crippen LogP contribution is 2.69.